The highest BCUT2D eigenvalue weighted by Gasteiger charge is 2.68. The molecule has 1 aromatic carbocycles. The summed E-state index contributed by atoms with van der Waals surface area (Å²) in [6.45, 7) is 0. The predicted octanol–water partition coefficient (Wildman–Crippen LogP) is 1.16. The highest BCUT2D eigenvalue weighted by Crippen LogP contribution is 2.57. The number of hydrogen-bond donors (Lipinski definition) is 6. The molecule has 4 rings (SSSR count). The topological polar surface area (TPSA) is 190 Å². The monoisotopic (exact) mass is 601 g/mol. The first-order valence-corrected chi connectivity index (χ1v) is 12.4. The third-order valence-electron chi connectivity index (χ3n) is 7.21. The van der Waals surface area contributed by atoms with Crippen molar-refractivity contribution in [2.24, 2.45) is 17.6 Å². The van der Waals surface area contributed by atoms with Gasteiger partial charge in [-0.15, -0.1) is 0 Å². The molecule has 0 aromatic heterocycles. The first-order chi connectivity index (χ1) is 17.1. The molecule has 0 saturated heterocycles. The van der Waals surface area contributed by atoms with E-state index in [1.165, 1.54) is 19.0 Å². The number of nitrogens with two attached hydrogens (primary N) is 1. The lowest BCUT2D eigenvalue weighted by Crippen LogP contribution is -2.67. The molecule has 3 aliphatic carbocycles. The number of rotatable bonds is 4. The van der Waals surface area contributed by atoms with Crippen LogP contribution in [0.2, 0.25) is 0 Å². The number of halogens is 3. The summed E-state index contributed by atoms with van der Waals surface area (Å²) in [6.07, 6.45) is -0.402. The zero-order chi connectivity index (χ0) is 27.8. The molecule has 4 atom stereocenters. The number of phenols is 1. The van der Waals surface area contributed by atoms with Crippen LogP contribution in [0.15, 0.2) is 28.7 Å². The second kappa shape index (κ2) is 8.79. The molecular formula is C23H22BrClFN3O8. The van der Waals surface area contributed by atoms with E-state index in [2.05, 4.69) is 21.2 Å². The van der Waals surface area contributed by atoms with Crippen molar-refractivity contribution in [3.8, 4) is 5.75 Å². The fourth-order valence-electron chi connectivity index (χ4n) is 5.50. The third-order valence-corrected chi connectivity index (χ3v) is 8.50. The summed E-state index contributed by atoms with van der Waals surface area (Å²) >= 11 is 9.62. The van der Waals surface area contributed by atoms with E-state index in [9.17, 15) is 44.0 Å². The number of ketones is 2. The average Bonchev–Trinajstić information content (AvgIpc) is 2.81. The van der Waals surface area contributed by atoms with E-state index in [-0.39, 0.29) is 23.7 Å². The Kier molecular flexibility index (Phi) is 6.43. The van der Waals surface area contributed by atoms with Crippen molar-refractivity contribution in [1.82, 2.24) is 4.90 Å². The van der Waals surface area contributed by atoms with Crippen LogP contribution in [0.1, 0.15) is 22.3 Å². The highest BCUT2D eigenvalue weighted by molar-refractivity contribution is 9.09. The van der Waals surface area contributed by atoms with Crippen molar-refractivity contribution >= 4 is 56.6 Å². The number of amides is 2. The summed E-state index contributed by atoms with van der Waals surface area (Å²) in [5.41, 5.74) is -0.202. The molecule has 11 nitrogen and oxygen atoms in total. The molecule has 1 aromatic rings. The summed E-state index contributed by atoms with van der Waals surface area (Å²) in [5.74, 6) is -11.0. The van der Waals surface area contributed by atoms with Gasteiger partial charge in [0.2, 0.25) is 11.7 Å². The number of Topliss-reactive ketones (excluding diaryl/α,β-unsaturated/α-hetero) is 2. The maximum absolute atomic E-state index is 14.8. The molecule has 198 valence electrons. The lowest BCUT2D eigenvalue weighted by Gasteiger charge is -2.53. The number of aliphatic hydroxyl groups is 3. The van der Waals surface area contributed by atoms with E-state index in [1.807, 2.05) is 0 Å². The highest BCUT2D eigenvalue weighted by atomic mass is 79.9. The number of phenolic OH excluding ortho intramolecular Hbond substituents is 1. The number of alkyl halides is 2. The molecule has 0 bridgehead atoms. The Morgan fingerprint density at radius 1 is 1.27 bits per heavy atom. The Morgan fingerprint density at radius 3 is 2.43 bits per heavy atom. The lowest BCUT2D eigenvalue weighted by atomic mass is 9.58. The zero-order valence-corrected chi connectivity index (χ0v) is 21.8. The quantitative estimate of drug-likeness (QED) is 0.127. The molecule has 0 saturated carbocycles. The molecule has 7 N–H and O–H groups in total. The van der Waals surface area contributed by atoms with Gasteiger partial charge >= 0.3 is 0 Å². The summed E-state index contributed by atoms with van der Waals surface area (Å²) < 4.78 is 14.8. The van der Waals surface area contributed by atoms with Gasteiger partial charge < -0.3 is 31.5 Å². The van der Waals surface area contributed by atoms with Gasteiger partial charge in [0.15, 0.2) is 27.9 Å². The number of carbonyl (C=O) groups is 4. The van der Waals surface area contributed by atoms with E-state index in [4.69, 9.17) is 17.3 Å². The Hall–Kier alpha value is -3.00. The summed E-state index contributed by atoms with van der Waals surface area (Å²) in [4.78, 5) is 49.8. The molecule has 0 fully saturated rings. The van der Waals surface area contributed by atoms with E-state index in [0.717, 1.165) is 6.07 Å². The second-order valence-electron chi connectivity index (χ2n) is 9.33. The van der Waals surface area contributed by atoms with E-state index in [1.54, 1.807) is 0 Å². The molecule has 0 aliphatic heterocycles. The smallest absolute Gasteiger partial charge is 0.256 e. The maximum Gasteiger partial charge on any atom is 0.256 e. The fourth-order valence-corrected chi connectivity index (χ4v) is 5.98. The van der Waals surface area contributed by atoms with Gasteiger partial charge in [-0.1, -0.05) is 27.5 Å². The number of hydrogen-bond acceptors (Lipinski definition) is 9. The molecule has 14 heteroatoms. The molecule has 0 spiro atoms. The van der Waals surface area contributed by atoms with Gasteiger partial charge in [-0.2, -0.15) is 0 Å². The number of benzene rings is 1. The first kappa shape index (κ1) is 27.0. The Balaban J connectivity index is 1.96. The largest absolute Gasteiger partial charge is 0.508 e. The second-order valence-corrected chi connectivity index (χ2v) is 10.5. The molecule has 0 radical (unpaired) electrons. The van der Waals surface area contributed by atoms with Crippen LogP contribution in [0.4, 0.5) is 10.1 Å². The van der Waals surface area contributed by atoms with Gasteiger partial charge in [-0.05, 0) is 44.5 Å². The van der Waals surface area contributed by atoms with Gasteiger partial charge in [0.1, 0.15) is 22.8 Å². The molecule has 3 unspecified atom stereocenters. The summed E-state index contributed by atoms with van der Waals surface area (Å²) in [6, 6.07) is 0.958. The van der Waals surface area contributed by atoms with E-state index in [0.29, 0.717) is 0 Å². The van der Waals surface area contributed by atoms with Crippen LogP contribution in [0.3, 0.4) is 0 Å². The van der Waals surface area contributed by atoms with Crippen molar-refractivity contribution in [2.75, 3.05) is 24.7 Å². The van der Waals surface area contributed by atoms with Gasteiger partial charge in [0.25, 0.3) is 5.91 Å². The lowest BCUT2D eigenvalue weighted by molar-refractivity contribution is -0.150. The third kappa shape index (κ3) is 3.51. The fraction of sp³-hybridized carbons (Fsp3) is 0.391. The number of fused-ring (bicyclic) bond motifs is 3. The number of aliphatic hydroxyl groups excluding tert-OH is 2. The Labute approximate surface area is 222 Å². The van der Waals surface area contributed by atoms with Crippen molar-refractivity contribution in [3.05, 3.63) is 45.7 Å². The minimum atomic E-state index is -2.94. The summed E-state index contributed by atoms with van der Waals surface area (Å²) in [5, 5.41) is 46.3. The van der Waals surface area contributed by atoms with Crippen molar-refractivity contribution < 1.29 is 44.0 Å². The molecule has 37 heavy (non-hydrogen) atoms. The van der Waals surface area contributed by atoms with Crippen LogP contribution in [0.5, 0.6) is 5.75 Å². The minimum Gasteiger partial charge on any atom is -0.508 e. The predicted molar refractivity (Wildman–Crippen MR) is 131 cm³/mol. The van der Waals surface area contributed by atoms with E-state index >= 15 is 0 Å². The minimum absolute atomic E-state index is 0.0496. The summed E-state index contributed by atoms with van der Waals surface area (Å²) in [7, 11) is 2.79. The molecule has 2 amide bonds. The van der Waals surface area contributed by atoms with Crippen molar-refractivity contribution in [1.29, 1.82) is 0 Å². The van der Waals surface area contributed by atoms with Crippen LogP contribution in [0, 0.1) is 17.7 Å². The number of likely N-dealkylation sites (N-methyl/N-ethyl adjacent to an activating group) is 1. The van der Waals surface area contributed by atoms with Gasteiger partial charge in [0, 0.05) is 11.5 Å². The first-order valence-electron chi connectivity index (χ1n) is 10.9. The van der Waals surface area contributed by atoms with Crippen LogP contribution in [-0.4, -0.2) is 78.7 Å². The van der Waals surface area contributed by atoms with Crippen LogP contribution in [0.25, 0.3) is 0 Å². The maximum atomic E-state index is 14.8. The van der Waals surface area contributed by atoms with Gasteiger partial charge in [-0.25, -0.2) is 4.39 Å². The SMILES string of the molecule is CN(C)[C@@]1(Cl)C(O)=C(C(N)=O)C(=O)C2(O)C(O)=C3C(=O)c4c(cc(F)c(NC(=O)CBr)c4O)CC3CC21. The number of nitrogens with zero attached hydrogens (tertiary/aromatic N) is 1. The molecule has 0 heterocycles. The number of allylic oxidation sites excluding steroid dienone is 1. The number of primary amides is 1. The molecule has 3 aliphatic rings. The number of nitrogens with one attached hydrogen (secondary N) is 1. The zero-order valence-electron chi connectivity index (χ0n) is 19.4. The number of carbonyl (C=O) groups excluding carboxylic acids is 4. The number of anilines is 1. The van der Waals surface area contributed by atoms with Crippen molar-refractivity contribution in [2.45, 2.75) is 23.4 Å². The standard InChI is InChI=1S/C23H22BrClFN3O8/c1-29(2)23(25)10-5-8-3-7-4-9(26)15(28-11(30)6-24)17(32)12(7)16(31)13(8)18(33)22(10,37)19(34)14(20(23)35)21(27)36/h4,8,10,32-33,35,37H,3,5-6H2,1-2H3,(H2,27,36)(H,28,30)/t8?,10?,22?,23-/m1/s1. The normalized spacial score (nSPS) is 29.2. The van der Waals surface area contributed by atoms with Crippen LogP contribution >= 0.6 is 27.5 Å². The van der Waals surface area contributed by atoms with Crippen LogP contribution < -0.4 is 11.1 Å². The molecular weight excluding hydrogens is 581 g/mol. The van der Waals surface area contributed by atoms with Gasteiger partial charge in [0.05, 0.1) is 10.9 Å². The van der Waals surface area contributed by atoms with E-state index < -0.39 is 91.3 Å². The Bertz CT molecular complexity index is 1360. The average molecular weight is 603 g/mol. The number of aromatic hydroxyl groups is 1. The van der Waals surface area contributed by atoms with Crippen molar-refractivity contribution in [3.63, 3.8) is 0 Å². The van der Waals surface area contributed by atoms with Gasteiger partial charge in [-0.3, -0.25) is 24.1 Å². The van der Waals surface area contributed by atoms with Crippen LogP contribution in [-0.2, 0) is 20.8 Å². The Morgan fingerprint density at radius 2 is 1.89 bits per heavy atom.